The standard InChI is InChI=1S/C16H18N2O3S2/c1-2-21-16(20)12-5-8-23-15(12)17-14(19)10-18-6-3-13-11(9-18)4-7-22-13/h4-5,7-8H,2-3,6,9-10H2,1H3,(H,17,19). The minimum Gasteiger partial charge on any atom is -0.462 e. The second kappa shape index (κ2) is 7.25. The summed E-state index contributed by atoms with van der Waals surface area (Å²) in [6.07, 6.45) is 0.993. The average molecular weight is 350 g/mol. The highest BCUT2D eigenvalue weighted by Crippen LogP contribution is 2.25. The number of nitrogens with one attached hydrogen (secondary N) is 1. The van der Waals surface area contributed by atoms with Gasteiger partial charge in [0, 0.05) is 18.0 Å². The van der Waals surface area contributed by atoms with Crippen LogP contribution in [-0.2, 0) is 22.5 Å². The number of nitrogens with zero attached hydrogens (tertiary/aromatic N) is 1. The number of ether oxygens (including phenoxy) is 1. The number of anilines is 1. The highest BCUT2D eigenvalue weighted by Gasteiger charge is 2.21. The quantitative estimate of drug-likeness (QED) is 0.842. The molecular formula is C16H18N2O3S2. The molecule has 3 heterocycles. The monoisotopic (exact) mass is 350 g/mol. The Hall–Kier alpha value is -1.70. The fraction of sp³-hybridized carbons (Fsp3) is 0.375. The summed E-state index contributed by atoms with van der Waals surface area (Å²) in [5.74, 6) is -0.499. The fourth-order valence-corrected chi connectivity index (χ4v) is 4.27. The number of hydrogen-bond acceptors (Lipinski definition) is 6. The predicted octanol–water partition coefficient (Wildman–Crippen LogP) is 2.98. The number of amides is 1. The van der Waals surface area contributed by atoms with E-state index in [1.807, 2.05) is 0 Å². The van der Waals surface area contributed by atoms with Gasteiger partial charge in [-0.05, 0) is 41.8 Å². The number of rotatable bonds is 5. The first kappa shape index (κ1) is 16.2. The van der Waals surface area contributed by atoms with Crippen molar-refractivity contribution in [3.63, 3.8) is 0 Å². The van der Waals surface area contributed by atoms with Crippen LogP contribution in [0, 0.1) is 0 Å². The summed E-state index contributed by atoms with van der Waals surface area (Å²) in [5, 5.41) is 7.27. The summed E-state index contributed by atoms with van der Waals surface area (Å²) < 4.78 is 5.00. The van der Waals surface area contributed by atoms with Gasteiger partial charge in [0.05, 0.1) is 18.7 Å². The molecule has 3 rings (SSSR count). The lowest BCUT2D eigenvalue weighted by Gasteiger charge is -2.26. The van der Waals surface area contributed by atoms with Gasteiger partial charge in [0.1, 0.15) is 5.00 Å². The van der Waals surface area contributed by atoms with Gasteiger partial charge in [0.15, 0.2) is 0 Å². The molecule has 7 heteroatoms. The van der Waals surface area contributed by atoms with Crippen LogP contribution in [0.4, 0.5) is 5.00 Å². The van der Waals surface area contributed by atoms with Crippen LogP contribution in [0.3, 0.4) is 0 Å². The van der Waals surface area contributed by atoms with E-state index in [2.05, 4.69) is 21.7 Å². The minimum absolute atomic E-state index is 0.100. The minimum atomic E-state index is -0.398. The van der Waals surface area contributed by atoms with Gasteiger partial charge in [-0.25, -0.2) is 4.79 Å². The van der Waals surface area contributed by atoms with E-state index in [0.29, 0.717) is 23.7 Å². The molecule has 0 fully saturated rings. The summed E-state index contributed by atoms with van der Waals surface area (Å²) in [5.41, 5.74) is 1.74. The van der Waals surface area contributed by atoms with Crippen LogP contribution >= 0.6 is 22.7 Å². The van der Waals surface area contributed by atoms with Crippen molar-refractivity contribution in [2.24, 2.45) is 0 Å². The van der Waals surface area contributed by atoms with Gasteiger partial charge >= 0.3 is 5.97 Å². The molecule has 0 radical (unpaired) electrons. The highest BCUT2D eigenvalue weighted by molar-refractivity contribution is 7.14. The Kier molecular flexibility index (Phi) is 5.09. The first-order valence-electron chi connectivity index (χ1n) is 7.49. The van der Waals surface area contributed by atoms with Crippen molar-refractivity contribution < 1.29 is 14.3 Å². The molecule has 0 atom stereocenters. The van der Waals surface area contributed by atoms with E-state index in [4.69, 9.17) is 4.74 Å². The van der Waals surface area contributed by atoms with E-state index < -0.39 is 5.97 Å². The van der Waals surface area contributed by atoms with E-state index >= 15 is 0 Å². The third-order valence-corrected chi connectivity index (χ3v) is 5.52. The molecule has 0 saturated carbocycles. The lowest BCUT2D eigenvalue weighted by atomic mass is 10.1. The van der Waals surface area contributed by atoms with Gasteiger partial charge in [0.2, 0.25) is 5.91 Å². The Morgan fingerprint density at radius 3 is 2.96 bits per heavy atom. The summed E-state index contributed by atoms with van der Waals surface area (Å²) in [6, 6.07) is 3.80. The zero-order valence-corrected chi connectivity index (χ0v) is 14.5. The zero-order chi connectivity index (χ0) is 16.2. The topological polar surface area (TPSA) is 58.6 Å². The van der Waals surface area contributed by atoms with Gasteiger partial charge in [-0.2, -0.15) is 0 Å². The molecule has 0 unspecified atom stereocenters. The summed E-state index contributed by atoms with van der Waals surface area (Å²) in [4.78, 5) is 27.6. The Morgan fingerprint density at radius 2 is 2.13 bits per heavy atom. The van der Waals surface area contributed by atoms with E-state index in [0.717, 1.165) is 19.5 Å². The van der Waals surface area contributed by atoms with Crippen molar-refractivity contribution in [1.82, 2.24) is 4.90 Å². The van der Waals surface area contributed by atoms with Crippen LogP contribution in [0.25, 0.3) is 0 Å². The van der Waals surface area contributed by atoms with Crippen molar-refractivity contribution in [2.75, 3.05) is 25.0 Å². The van der Waals surface area contributed by atoms with Crippen LogP contribution in [0.1, 0.15) is 27.7 Å². The molecule has 0 aliphatic carbocycles. The highest BCUT2D eigenvalue weighted by atomic mass is 32.1. The summed E-state index contributed by atoms with van der Waals surface area (Å²) in [6.45, 7) is 4.10. The van der Waals surface area contributed by atoms with Gasteiger partial charge in [-0.15, -0.1) is 22.7 Å². The van der Waals surface area contributed by atoms with Gasteiger partial charge < -0.3 is 10.1 Å². The average Bonchev–Trinajstić information content (AvgIpc) is 3.15. The molecule has 23 heavy (non-hydrogen) atoms. The SMILES string of the molecule is CCOC(=O)c1ccsc1NC(=O)CN1CCc2sccc2C1. The van der Waals surface area contributed by atoms with E-state index in [1.165, 1.54) is 21.8 Å². The van der Waals surface area contributed by atoms with E-state index in [9.17, 15) is 9.59 Å². The van der Waals surface area contributed by atoms with Crippen LogP contribution in [0.5, 0.6) is 0 Å². The molecule has 0 spiro atoms. The van der Waals surface area contributed by atoms with Crippen molar-refractivity contribution >= 4 is 39.6 Å². The van der Waals surface area contributed by atoms with Crippen LogP contribution in [0.15, 0.2) is 22.9 Å². The Balaban J connectivity index is 1.58. The predicted molar refractivity (Wildman–Crippen MR) is 92.2 cm³/mol. The zero-order valence-electron chi connectivity index (χ0n) is 12.8. The van der Waals surface area contributed by atoms with Crippen molar-refractivity contribution in [3.05, 3.63) is 38.9 Å². The number of thiophene rings is 2. The second-order valence-electron chi connectivity index (χ2n) is 5.26. The van der Waals surface area contributed by atoms with Gasteiger partial charge in [0.25, 0.3) is 0 Å². The van der Waals surface area contributed by atoms with E-state index in [1.54, 1.807) is 29.7 Å². The maximum absolute atomic E-state index is 12.3. The van der Waals surface area contributed by atoms with Gasteiger partial charge in [-0.3, -0.25) is 9.69 Å². The fourth-order valence-electron chi connectivity index (χ4n) is 2.59. The Bertz CT molecular complexity index is 708. The first-order valence-corrected chi connectivity index (χ1v) is 9.25. The second-order valence-corrected chi connectivity index (χ2v) is 7.18. The van der Waals surface area contributed by atoms with Crippen molar-refractivity contribution in [1.29, 1.82) is 0 Å². The van der Waals surface area contributed by atoms with E-state index in [-0.39, 0.29) is 5.91 Å². The normalized spacial score (nSPS) is 14.3. The number of carbonyl (C=O) groups excluding carboxylic acids is 2. The third-order valence-electron chi connectivity index (χ3n) is 3.67. The van der Waals surface area contributed by atoms with Crippen molar-refractivity contribution in [3.8, 4) is 0 Å². The number of fused-ring (bicyclic) bond motifs is 1. The molecule has 2 aromatic rings. The lowest BCUT2D eigenvalue weighted by molar-refractivity contribution is -0.117. The Morgan fingerprint density at radius 1 is 1.30 bits per heavy atom. The molecule has 1 aliphatic heterocycles. The van der Waals surface area contributed by atoms with Crippen molar-refractivity contribution in [2.45, 2.75) is 19.9 Å². The maximum Gasteiger partial charge on any atom is 0.341 e. The maximum atomic E-state index is 12.3. The number of hydrogen-bond donors (Lipinski definition) is 1. The van der Waals surface area contributed by atoms with Crippen LogP contribution < -0.4 is 5.32 Å². The molecule has 0 aromatic carbocycles. The molecule has 1 amide bonds. The smallest absolute Gasteiger partial charge is 0.341 e. The molecule has 122 valence electrons. The third kappa shape index (κ3) is 3.80. The summed E-state index contributed by atoms with van der Waals surface area (Å²) >= 11 is 3.12. The first-order chi connectivity index (χ1) is 11.2. The Labute approximate surface area is 142 Å². The summed E-state index contributed by atoms with van der Waals surface area (Å²) in [7, 11) is 0. The largest absolute Gasteiger partial charge is 0.462 e. The van der Waals surface area contributed by atoms with Crippen LogP contribution in [0.2, 0.25) is 0 Å². The molecular weight excluding hydrogens is 332 g/mol. The number of esters is 1. The molecule has 0 bridgehead atoms. The lowest BCUT2D eigenvalue weighted by Crippen LogP contribution is -2.36. The van der Waals surface area contributed by atoms with Crippen LogP contribution in [-0.4, -0.2) is 36.5 Å². The molecule has 2 aromatic heterocycles. The molecule has 1 N–H and O–H groups in total. The molecule has 1 aliphatic rings. The number of carbonyl (C=O) groups is 2. The van der Waals surface area contributed by atoms with Gasteiger partial charge in [-0.1, -0.05) is 0 Å². The molecule has 0 saturated heterocycles. The molecule has 5 nitrogen and oxygen atoms in total.